The van der Waals surface area contributed by atoms with Gasteiger partial charge in [0.15, 0.2) is 5.82 Å². The lowest BCUT2D eigenvalue weighted by molar-refractivity contribution is 0.503. The van der Waals surface area contributed by atoms with E-state index in [2.05, 4.69) is 26.8 Å². The van der Waals surface area contributed by atoms with E-state index < -0.39 is 0 Å². The molecule has 0 fully saturated rings. The predicted octanol–water partition coefficient (Wildman–Crippen LogP) is 4.19. The molecule has 0 aliphatic heterocycles. The Hall–Kier alpha value is -2.80. The molecular weight excluding hydrogens is 368 g/mol. The van der Waals surface area contributed by atoms with Crippen molar-refractivity contribution < 1.29 is 0 Å². The molecule has 5 rings (SSSR count). The minimum Gasteiger partial charge on any atom is -0.369 e. The molecule has 0 saturated heterocycles. The largest absolute Gasteiger partial charge is 0.369 e. The lowest BCUT2D eigenvalue weighted by Gasteiger charge is -2.15. The van der Waals surface area contributed by atoms with Crippen molar-refractivity contribution in [3.8, 4) is 11.4 Å². The van der Waals surface area contributed by atoms with E-state index in [9.17, 15) is 0 Å². The molecule has 0 bridgehead atoms. The smallest absolute Gasteiger partial charge is 0.164 e. The molecule has 1 N–H and O–H groups in total. The molecule has 28 heavy (non-hydrogen) atoms. The number of nitrogens with one attached hydrogen (secondary N) is 1. The van der Waals surface area contributed by atoms with E-state index in [0.29, 0.717) is 5.92 Å². The van der Waals surface area contributed by atoms with Crippen LogP contribution in [0.25, 0.3) is 21.6 Å². The summed E-state index contributed by atoms with van der Waals surface area (Å²) in [5.74, 6) is 2.15. The molecule has 0 aromatic carbocycles. The van der Waals surface area contributed by atoms with Crippen LogP contribution in [0, 0.1) is 5.92 Å². The van der Waals surface area contributed by atoms with Crippen molar-refractivity contribution >= 4 is 27.4 Å². The fourth-order valence-corrected chi connectivity index (χ4v) is 5.10. The van der Waals surface area contributed by atoms with Crippen LogP contribution in [-0.4, -0.2) is 31.0 Å². The third-order valence-corrected chi connectivity index (χ3v) is 6.37. The molecule has 142 valence electrons. The zero-order valence-electron chi connectivity index (χ0n) is 15.8. The Bertz CT molecular complexity index is 1090. The first kappa shape index (κ1) is 17.3. The molecule has 4 aromatic heterocycles. The molecule has 0 spiro atoms. The molecule has 7 heteroatoms. The number of rotatable bonds is 6. The second-order valence-electron chi connectivity index (χ2n) is 7.42. The lowest BCUT2D eigenvalue weighted by atomic mass is 10.1. The predicted molar refractivity (Wildman–Crippen MR) is 113 cm³/mol. The summed E-state index contributed by atoms with van der Waals surface area (Å²) in [5, 5.41) is 4.85. The first-order valence-electron chi connectivity index (χ1n) is 9.70. The molecular formula is C21H22N6S. The van der Waals surface area contributed by atoms with Gasteiger partial charge in [0.2, 0.25) is 0 Å². The van der Waals surface area contributed by atoms with Crippen molar-refractivity contribution in [2.75, 3.05) is 11.9 Å². The maximum atomic E-state index is 4.92. The number of imidazole rings is 1. The Morgan fingerprint density at radius 1 is 1.21 bits per heavy atom. The van der Waals surface area contributed by atoms with Crippen molar-refractivity contribution in [1.29, 1.82) is 0 Å². The number of aryl methyl sites for hydroxylation is 2. The second-order valence-corrected chi connectivity index (χ2v) is 8.50. The molecule has 1 unspecified atom stereocenters. The number of fused-ring (bicyclic) bond motifs is 3. The van der Waals surface area contributed by atoms with E-state index in [0.717, 1.165) is 48.0 Å². The maximum Gasteiger partial charge on any atom is 0.164 e. The van der Waals surface area contributed by atoms with Gasteiger partial charge in [-0.3, -0.25) is 4.98 Å². The average Bonchev–Trinajstić information content (AvgIpc) is 3.44. The molecule has 1 aliphatic rings. The number of aromatic nitrogens is 5. The van der Waals surface area contributed by atoms with Crippen LogP contribution in [-0.2, 0) is 19.4 Å². The van der Waals surface area contributed by atoms with E-state index in [1.54, 1.807) is 6.20 Å². The highest BCUT2D eigenvalue weighted by atomic mass is 32.1. The maximum absolute atomic E-state index is 4.92. The molecule has 4 aromatic rings. The summed E-state index contributed by atoms with van der Waals surface area (Å²) in [5.41, 5.74) is 2.40. The zero-order valence-corrected chi connectivity index (χ0v) is 16.6. The third-order valence-electron chi connectivity index (χ3n) is 5.18. The van der Waals surface area contributed by atoms with Gasteiger partial charge in [0.05, 0.1) is 11.7 Å². The molecule has 0 amide bonds. The number of hydrogen-bond acceptors (Lipinski definition) is 6. The van der Waals surface area contributed by atoms with Crippen molar-refractivity contribution in [3.05, 3.63) is 53.7 Å². The van der Waals surface area contributed by atoms with Gasteiger partial charge in [0, 0.05) is 48.3 Å². The fourth-order valence-electron chi connectivity index (χ4n) is 3.84. The molecule has 0 saturated carbocycles. The third kappa shape index (κ3) is 3.26. The molecule has 6 nitrogen and oxygen atoms in total. The van der Waals surface area contributed by atoms with Crippen molar-refractivity contribution in [2.24, 2.45) is 5.92 Å². The van der Waals surface area contributed by atoms with Crippen LogP contribution >= 0.6 is 11.3 Å². The van der Waals surface area contributed by atoms with Crippen LogP contribution in [0.2, 0.25) is 0 Å². The Kier molecular flexibility index (Phi) is 4.52. The van der Waals surface area contributed by atoms with E-state index >= 15 is 0 Å². The normalized spacial score (nSPS) is 14.3. The summed E-state index contributed by atoms with van der Waals surface area (Å²) in [7, 11) is 0. The highest BCUT2D eigenvalue weighted by Gasteiger charge is 2.23. The van der Waals surface area contributed by atoms with Gasteiger partial charge >= 0.3 is 0 Å². The molecule has 1 aliphatic carbocycles. The molecule has 4 heterocycles. The summed E-state index contributed by atoms with van der Waals surface area (Å²) in [4.78, 5) is 20.7. The van der Waals surface area contributed by atoms with Gasteiger partial charge in [-0.2, -0.15) is 0 Å². The minimum atomic E-state index is 0.452. The number of hydrogen-bond donors (Lipinski definition) is 1. The Labute approximate surface area is 167 Å². The monoisotopic (exact) mass is 390 g/mol. The summed E-state index contributed by atoms with van der Waals surface area (Å²) in [6.45, 7) is 4.02. The van der Waals surface area contributed by atoms with Crippen molar-refractivity contribution in [1.82, 2.24) is 24.5 Å². The molecule has 0 radical (unpaired) electrons. The number of nitrogens with zero attached hydrogens (tertiary/aromatic N) is 5. The minimum absolute atomic E-state index is 0.452. The number of thiophene rings is 1. The zero-order chi connectivity index (χ0) is 18.9. The van der Waals surface area contributed by atoms with Crippen LogP contribution in [0.15, 0.2) is 43.2 Å². The van der Waals surface area contributed by atoms with Gasteiger partial charge in [0.1, 0.15) is 10.6 Å². The summed E-state index contributed by atoms with van der Waals surface area (Å²) in [6, 6.07) is 3.94. The van der Waals surface area contributed by atoms with Crippen LogP contribution in [0.5, 0.6) is 0 Å². The molecule has 1 atom stereocenters. The standard InChI is InChI=1S/C21H22N6S/c1-14(12-27-9-8-23-13-27)10-24-20-18-16-5-2-6-17(16)28-21(18)26-19(25-20)15-4-3-7-22-11-15/h3-4,7-9,11,13-14H,2,5-6,10,12H2,1H3,(H,24,25,26). The van der Waals surface area contributed by atoms with Crippen LogP contribution in [0.4, 0.5) is 5.82 Å². The first-order valence-corrected chi connectivity index (χ1v) is 10.5. The van der Waals surface area contributed by atoms with Gasteiger partial charge in [-0.1, -0.05) is 6.92 Å². The quantitative estimate of drug-likeness (QED) is 0.535. The SMILES string of the molecule is CC(CNc1nc(-c2cccnc2)nc2sc3c(c12)CCC3)Cn1ccnc1. The van der Waals surface area contributed by atoms with Gasteiger partial charge in [0.25, 0.3) is 0 Å². The Morgan fingerprint density at radius 2 is 2.18 bits per heavy atom. The van der Waals surface area contributed by atoms with Crippen molar-refractivity contribution in [2.45, 2.75) is 32.7 Å². The van der Waals surface area contributed by atoms with E-state index in [1.807, 2.05) is 48.4 Å². The fraction of sp³-hybridized carbons (Fsp3) is 0.333. The van der Waals surface area contributed by atoms with Gasteiger partial charge in [-0.05, 0) is 42.9 Å². The number of anilines is 1. The van der Waals surface area contributed by atoms with E-state index in [1.165, 1.54) is 22.2 Å². The van der Waals surface area contributed by atoms with Crippen LogP contribution in [0.1, 0.15) is 23.8 Å². The van der Waals surface area contributed by atoms with Crippen LogP contribution in [0.3, 0.4) is 0 Å². The van der Waals surface area contributed by atoms with E-state index in [-0.39, 0.29) is 0 Å². The van der Waals surface area contributed by atoms with Gasteiger partial charge < -0.3 is 9.88 Å². The first-order chi connectivity index (χ1) is 13.8. The summed E-state index contributed by atoms with van der Waals surface area (Å²) < 4.78 is 2.12. The highest BCUT2D eigenvalue weighted by Crippen LogP contribution is 2.40. The van der Waals surface area contributed by atoms with Crippen LogP contribution < -0.4 is 5.32 Å². The summed E-state index contributed by atoms with van der Waals surface area (Å²) in [6.07, 6.45) is 12.8. The Balaban J connectivity index is 1.48. The highest BCUT2D eigenvalue weighted by molar-refractivity contribution is 7.19. The number of pyridine rings is 1. The van der Waals surface area contributed by atoms with Gasteiger partial charge in [-0.15, -0.1) is 11.3 Å². The lowest BCUT2D eigenvalue weighted by Crippen LogP contribution is -2.17. The van der Waals surface area contributed by atoms with Gasteiger partial charge in [-0.25, -0.2) is 15.0 Å². The Morgan fingerprint density at radius 3 is 3.00 bits per heavy atom. The topological polar surface area (TPSA) is 68.5 Å². The van der Waals surface area contributed by atoms with E-state index in [4.69, 9.17) is 9.97 Å². The second kappa shape index (κ2) is 7.31. The average molecular weight is 391 g/mol. The van der Waals surface area contributed by atoms with Crippen molar-refractivity contribution in [3.63, 3.8) is 0 Å². The summed E-state index contributed by atoms with van der Waals surface area (Å²) >= 11 is 1.82.